The molecular weight excluding hydrogens is 600 g/mol. The Morgan fingerprint density at radius 3 is 1.36 bits per heavy atom. The standard InChI is InChI=1S/C22H16N8O10S2/c31-19-17(20(32)24-9-23-19)29-27-13-5-3-11(15(7-13)41(35,36)37)1-2-12-4-6-14(8-16(12)42(38,39)40)28-30-18-21(33)25-10-26-22(18)34/h1-10H,(H,35,36,37)(H,38,39,40)(H2,23,24,31,32)(H2,25,26,33,34)/b2-1+,29-27?,30-28?. The van der Waals surface area contributed by atoms with E-state index < -0.39 is 64.3 Å². The van der Waals surface area contributed by atoms with Crippen LogP contribution in [-0.4, -0.2) is 56.1 Å². The van der Waals surface area contributed by atoms with E-state index in [1.165, 1.54) is 24.3 Å². The van der Waals surface area contributed by atoms with Gasteiger partial charge in [0, 0.05) is 0 Å². The molecule has 0 radical (unpaired) electrons. The van der Waals surface area contributed by atoms with Crippen LogP contribution in [0.15, 0.2) is 88.9 Å². The molecule has 0 spiro atoms. The Hall–Kier alpha value is -5.44. The number of aromatic hydroxyl groups is 2. The number of rotatable bonds is 8. The van der Waals surface area contributed by atoms with Crippen LogP contribution in [0.25, 0.3) is 12.2 Å². The minimum atomic E-state index is -4.88. The summed E-state index contributed by atoms with van der Waals surface area (Å²) in [5, 5.41) is 33.7. The number of H-pyrrole nitrogens is 2. The molecule has 18 nitrogen and oxygen atoms in total. The van der Waals surface area contributed by atoms with Gasteiger partial charge in [0.05, 0.1) is 24.0 Å². The summed E-state index contributed by atoms with van der Waals surface area (Å²) >= 11 is 0. The average Bonchev–Trinajstić information content (AvgIpc) is 2.91. The summed E-state index contributed by atoms with van der Waals surface area (Å²) in [6.45, 7) is 0. The molecule has 4 aromatic rings. The van der Waals surface area contributed by atoms with E-state index in [9.17, 15) is 45.7 Å². The number of benzene rings is 2. The third-order valence-electron chi connectivity index (χ3n) is 5.14. The fourth-order valence-electron chi connectivity index (χ4n) is 3.23. The summed E-state index contributed by atoms with van der Waals surface area (Å²) in [4.78, 5) is 33.4. The lowest BCUT2D eigenvalue weighted by Gasteiger charge is -2.06. The topological polar surface area (TPSA) is 290 Å². The largest absolute Gasteiger partial charge is 0.492 e. The molecule has 0 aliphatic heterocycles. The summed E-state index contributed by atoms with van der Waals surface area (Å²) in [5.41, 5.74) is -3.37. The quantitative estimate of drug-likeness (QED) is 0.0946. The number of nitrogens with zero attached hydrogens (tertiary/aromatic N) is 6. The van der Waals surface area contributed by atoms with Gasteiger partial charge in [-0.2, -0.15) is 27.1 Å². The zero-order valence-electron chi connectivity index (χ0n) is 20.5. The van der Waals surface area contributed by atoms with Crippen LogP contribution in [-0.2, 0) is 20.2 Å². The maximum absolute atomic E-state index is 12.0. The van der Waals surface area contributed by atoms with Crippen LogP contribution in [0.3, 0.4) is 0 Å². The molecular formula is C22H16N8O10S2. The van der Waals surface area contributed by atoms with Crippen LogP contribution in [0.2, 0.25) is 0 Å². The number of aromatic amines is 2. The minimum absolute atomic E-state index is 0.144. The Morgan fingerprint density at radius 2 is 1.02 bits per heavy atom. The second-order valence-corrected chi connectivity index (χ2v) is 10.7. The maximum atomic E-state index is 12.0. The zero-order chi connectivity index (χ0) is 30.7. The molecule has 0 atom stereocenters. The molecule has 0 aliphatic carbocycles. The molecule has 0 bridgehead atoms. The normalized spacial score (nSPS) is 12.5. The minimum Gasteiger partial charge on any atom is -0.492 e. The molecule has 0 aliphatic rings. The van der Waals surface area contributed by atoms with Crippen LogP contribution in [0, 0.1) is 0 Å². The molecule has 20 heteroatoms. The molecule has 42 heavy (non-hydrogen) atoms. The van der Waals surface area contributed by atoms with Crippen molar-refractivity contribution < 1.29 is 36.2 Å². The highest BCUT2D eigenvalue weighted by atomic mass is 32.2. The van der Waals surface area contributed by atoms with Gasteiger partial charge in [-0.05, 0) is 35.4 Å². The lowest BCUT2D eigenvalue weighted by Crippen LogP contribution is -2.04. The van der Waals surface area contributed by atoms with E-state index in [-0.39, 0.29) is 22.5 Å². The van der Waals surface area contributed by atoms with E-state index in [4.69, 9.17) is 0 Å². The molecule has 2 heterocycles. The van der Waals surface area contributed by atoms with Crippen LogP contribution < -0.4 is 11.1 Å². The molecule has 2 aromatic heterocycles. The first kappa shape index (κ1) is 29.5. The predicted molar refractivity (Wildman–Crippen MR) is 143 cm³/mol. The third-order valence-corrected chi connectivity index (χ3v) is 6.96. The molecule has 0 unspecified atom stereocenters. The van der Waals surface area contributed by atoms with Crippen LogP contribution >= 0.6 is 0 Å². The highest BCUT2D eigenvalue weighted by Crippen LogP contribution is 2.29. The fourth-order valence-corrected chi connectivity index (χ4v) is 4.64. The first-order chi connectivity index (χ1) is 19.7. The lowest BCUT2D eigenvalue weighted by atomic mass is 10.1. The Bertz CT molecular complexity index is 1970. The molecule has 0 amide bonds. The van der Waals surface area contributed by atoms with E-state index in [0.717, 1.165) is 36.9 Å². The number of hydrogen-bond donors (Lipinski definition) is 6. The van der Waals surface area contributed by atoms with Crippen molar-refractivity contribution in [1.29, 1.82) is 0 Å². The Kier molecular flexibility index (Phi) is 8.15. The number of azo groups is 2. The van der Waals surface area contributed by atoms with Crippen molar-refractivity contribution in [2.75, 3.05) is 0 Å². The molecule has 0 saturated carbocycles. The second-order valence-electron chi connectivity index (χ2n) is 7.94. The monoisotopic (exact) mass is 616 g/mol. The summed E-state index contributed by atoms with van der Waals surface area (Å²) in [7, 11) is -9.75. The van der Waals surface area contributed by atoms with Crippen molar-refractivity contribution in [2.45, 2.75) is 9.79 Å². The van der Waals surface area contributed by atoms with Crippen molar-refractivity contribution in [1.82, 2.24) is 19.9 Å². The number of hydrogen-bond acceptors (Lipinski definition) is 14. The predicted octanol–water partition coefficient (Wildman–Crippen LogP) is 2.76. The molecule has 0 saturated heterocycles. The van der Waals surface area contributed by atoms with Crippen LogP contribution in [0.1, 0.15) is 11.1 Å². The molecule has 0 fully saturated rings. The van der Waals surface area contributed by atoms with Crippen molar-refractivity contribution >= 4 is 55.1 Å². The highest BCUT2D eigenvalue weighted by molar-refractivity contribution is 7.86. The van der Waals surface area contributed by atoms with Gasteiger partial charge in [0.15, 0.2) is 0 Å². The van der Waals surface area contributed by atoms with E-state index in [1.807, 2.05) is 0 Å². The van der Waals surface area contributed by atoms with E-state index in [1.54, 1.807) is 0 Å². The van der Waals surface area contributed by atoms with Gasteiger partial charge in [0.1, 0.15) is 9.79 Å². The fraction of sp³-hybridized carbons (Fsp3) is 0. The van der Waals surface area contributed by atoms with Crippen molar-refractivity contribution in [3.05, 3.63) is 80.9 Å². The van der Waals surface area contributed by atoms with Crippen molar-refractivity contribution in [2.24, 2.45) is 20.5 Å². The van der Waals surface area contributed by atoms with Crippen LogP contribution in [0.4, 0.5) is 22.7 Å². The lowest BCUT2D eigenvalue weighted by molar-refractivity contribution is 0.451. The smallest absolute Gasteiger partial charge is 0.295 e. The second kappa shape index (κ2) is 11.6. The van der Waals surface area contributed by atoms with Gasteiger partial charge >= 0.3 is 0 Å². The van der Waals surface area contributed by atoms with E-state index in [0.29, 0.717) is 0 Å². The maximum Gasteiger partial charge on any atom is 0.295 e. The molecule has 6 N–H and O–H groups in total. The van der Waals surface area contributed by atoms with E-state index >= 15 is 0 Å². The summed E-state index contributed by atoms with van der Waals surface area (Å²) in [5.74, 6) is -1.47. The van der Waals surface area contributed by atoms with Crippen molar-refractivity contribution in [3.8, 4) is 11.8 Å². The van der Waals surface area contributed by atoms with Gasteiger partial charge < -0.3 is 20.2 Å². The third kappa shape index (κ3) is 6.82. The van der Waals surface area contributed by atoms with Gasteiger partial charge in [-0.25, -0.2) is 9.97 Å². The zero-order valence-corrected chi connectivity index (χ0v) is 22.1. The average molecular weight is 617 g/mol. The summed E-state index contributed by atoms with van der Waals surface area (Å²) < 4.78 is 67.7. The van der Waals surface area contributed by atoms with Gasteiger partial charge in [-0.3, -0.25) is 18.7 Å². The Balaban J connectivity index is 1.71. The first-order valence-corrected chi connectivity index (χ1v) is 13.9. The van der Waals surface area contributed by atoms with Crippen LogP contribution in [0.5, 0.6) is 11.8 Å². The Morgan fingerprint density at radius 1 is 0.643 bits per heavy atom. The molecule has 216 valence electrons. The highest BCUT2D eigenvalue weighted by Gasteiger charge is 2.18. The molecule has 4 rings (SSSR count). The van der Waals surface area contributed by atoms with E-state index in [2.05, 4.69) is 40.4 Å². The summed E-state index contributed by atoms with van der Waals surface area (Å²) in [6.07, 6.45) is 4.08. The number of nitrogens with one attached hydrogen (secondary N) is 2. The summed E-state index contributed by atoms with van der Waals surface area (Å²) in [6, 6.07) is 6.61. The SMILES string of the molecule is O=c1[nH]cnc(O)c1N=Nc1ccc(/C=C/c2ccc(N=Nc3c(O)nc[nH]c3=O)cc2S(=O)(=O)O)c(S(=O)(=O)O)c1. The Labute approximate surface area is 234 Å². The number of aromatic nitrogens is 4. The van der Waals surface area contributed by atoms with Gasteiger partial charge in [0.2, 0.25) is 23.1 Å². The first-order valence-electron chi connectivity index (χ1n) is 11.0. The van der Waals surface area contributed by atoms with Gasteiger partial charge in [-0.1, -0.05) is 24.3 Å². The molecule has 2 aromatic carbocycles. The van der Waals surface area contributed by atoms with Gasteiger partial charge in [-0.15, -0.1) is 10.2 Å². The van der Waals surface area contributed by atoms with Crippen molar-refractivity contribution in [3.63, 3.8) is 0 Å². The van der Waals surface area contributed by atoms with Gasteiger partial charge in [0.25, 0.3) is 31.4 Å².